The van der Waals surface area contributed by atoms with Crippen molar-refractivity contribution in [3.05, 3.63) is 70.9 Å². The molecule has 5 nitrogen and oxygen atoms in total. The maximum Gasteiger partial charge on any atom is 0.374 e. The van der Waals surface area contributed by atoms with Crippen molar-refractivity contribution in [3.63, 3.8) is 0 Å². The average molecular weight is 371 g/mol. The molecule has 0 spiro atoms. The topological polar surface area (TPSA) is 65.7 Å². The van der Waals surface area contributed by atoms with Crippen LogP contribution in [0.15, 0.2) is 59.0 Å². The van der Waals surface area contributed by atoms with Crippen LogP contribution in [-0.2, 0) is 9.47 Å². The molecule has 0 aliphatic rings. The highest BCUT2D eigenvalue weighted by atomic mass is 35.5. The molecule has 0 radical (unpaired) electrons. The molecule has 1 heterocycles. The summed E-state index contributed by atoms with van der Waals surface area (Å²) in [6.45, 7) is 0. The van der Waals surface area contributed by atoms with Gasteiger partial charge in [-0.2, -0.15) is 0 Å². The van der Waals surface area contributed by atoms with Gasteiger partial charge in [-0.3, -0.25) is 0 Å². The highest BCUT2D eigenvalue weighted by Gasteiger charge is 2.32. The number of hydrogen-bond acceptors (Lipinski definition) is 5. The molecule has 3 rings (SSSR count). The zero-order chi connectivity index (χ0) is 18.7. The van der Waals surface area contributed by atoms with Crippen molar-refractivity contribution < 1.29 is 23.5 Å². The van der Waals surface area contributed by atoms with Crippen molar-refractivity contribution in [1.29, 1.82) is 0 Å². The summed E-state index contributed by atoms with van der Waals surface area (Å²) in [7, 11) is 2.46. The lowest BCUT2D eigenvalue weighted by atomic mass is 9.97. The first-order chi connectivity index (χ1) is 12.6. The Bertz CT molecular complexity index is 942. The van der Waals surface area contributed by atoms with Gasteiger partial charge in [-0.15, -0.1) is 0 Å². The molecule has 0 atom stereocenters. The normalized spacial score (nSPS) is 10.4. The summed E-state index contributed by atoms with van der Waals surface area (Å²) in [5, 5.41) is 0.548. The van der Waals surface area contributed by atoms with E-state index in [-0.39, 0.29) is 11.3 Å². The summed E-state index contributed by atoms with van der Waals surface area (Å²) in [6, 6.07) is 16.0. The Morgan fingerprint density at radius 2 is 1.46 bits per heavy atom. The highest BCUT2D eigenvalue weighted by Crippen LogP contribution is 2.40. The monoisotopic (exact) mass is 370 g/mol. The Labute approximate surface area is 155 Å². The van der Waals surface area contributed by atoms with Gasteiger partial charge in [0.25, 0.3) is 0 Å². The summed E-state index contributed by atoms with van der Waals surface area (Å²) in [6.07, 6.45) is 0. The summed E-state index contributed by atoms with van der Waals surface area (Å²) in [5.74, 6) is -1.29. The minimum atomic E-state index is -0.761. The Hall–Kier alpha value is -3.05. The molecule has 1 aromatic heterocycles. The van der Waals surface area contributed by atoms with Crippen LogP contribution in [0.25, 0.3) is 22.5 Å². The van der Waals surface area contributed by atoms with E-state index in [2.05, 4.69) is 0 Å². The molecule has 0 unspecified atom stereocenters. The third-order valence-corrected chi connectivity index (χ3v) is 4.09. The van der Waals surface area contributed by atoms with E-state index in [0.29, 0.717) is 27.5 Å². The second kappa shape index (κ2) is 7.45. The van der Waals surface area contributed by atoms with Crippen molar-refractivity contribution in [2.75, 3.05) is 14.2 Å². The van der Waals surface area contributed by atoms with E-state index in [9.17, 15) is 9.59 Å². The summed E-state index contributed by atoms with van der Waals surface area (Å²) >= 11 is 5.97. The smallest absolute Gasteiger partial charge is 0.374 e. The lowest BCUT2D eigenvalue weighted by Crippen LogP contribution is -2.10. The predicted octanol–water partition coefficient (Wildman–Crippen LogP) is 4.84. The standard InChI is InChI=1S/C20H15ClO5/c1-24-19(22)16-15(12-8-10-14(21)11-9-12)17(13-6-4-3-5-7-13)26-18(16)20(23)25-2/h3-11H,1-2H3. The van der Waals surface area contributed by atoms with Crippen molar-refractivity contribution >= 4 is 23.5 Å². The van der Waals surface area contributed by atoms with Gasteiger partial charge in [-0.05, 0) is 17.7 Å². The Morgan fingerprint density at radius 1 is 0.846 bits per heavy atom. The van der Waals surface area contributed by atoms with Crippen LogP contribution in [0.1, 0.15) is 20.9 Å². The predicted molar refractivity (Wildman–Crippen MR) is 97.3 cm³/mol. The zero-order valence-corrected chi connectivity index (χ0v) is 14.9. The molecule has 132 valence electrons. The highest BCUT2D eigenvalue weighted by molar-refractivity contribution is 6.30. The van der Waals surface area contributed by atoms with Crippen LogP contribution < -0.4 is 0 Å². The number of benzene rings is 2. The molecule has 0 aliphatic heterocycles. The number of furan rings is 1. The number of rotatable bonds is 4. The number of carbonyl (C=O) groups is 2. The first-order valence-corrected chi connectivity index (χ1v) is 8.09. The van der Waals surface area contributed by atoms with Gasteiger partial charge in [-0.1, -0.05) is 54.1 Å². The lowest BCUT2D eigenvalue weighted by molar-refractivity contribution is 0.0529. The molecular weight excluding hydrogens is 356 g/mol. The third-order valence-electron chi connectivity index (χ3n) is 3.84. The number of hydrogen-bond donors (Lipinski definition) is 0. The second-order valence-corrected chi connectivity index (χ2v) is 5.80. The fourth-order valence-corrected chi connectivity index (χ4v) is 2.78. The van der Waals surface area contributed by atoms with Gasteiger partial charge < -0.3 is 13.9 Å². The largest absolute Gasteiger partial charge is 0.465 e. The van der Waals surface area contributed by atoms with Crippen LogP contribution in [0.4, 0.5) is 0 Å². The molecule has 0 N–H and O–H groups in total. The van der Waals surface area contributed by atoms with E-state index in [1.807, 2.05) is 30.3 Å². The van der Waals surface area contributed by atoms with E-state index < -0.39 is 11.9 Å². The number of ether oxygens (including phenoxy) is 2. The lowest BCUT2D eigenvalue weighted by Gasteiger charge is -2.06. The SMILES string of the molecule is COC(=O)c1oc(-c2ccccc2)c(-c2ccc(Cl)cc2)c1C(=O)OC. The maximum absolute atomic E-state index is 12.4. The van der Waals surface area contributed by atoms with E-state index >= 15 is 0 Å². The Morgan fingerprint density at radius 3 is 2.04 bits per heavy atom. The molecule has 6 heteroatoms. The molecular formula is C20H15ClO5. The Kier molecular flexibility index (Phi) is 5.09. The van der Waals surface area contributed by atoms with E-state index in [0.717, 1.165) is 0 Å². The van der Waals surface area contributed by atoms with Crippen molar-refractivity contribution in [2.24, 2.45) is 0 Å². The maximum atomic E-state index is 12.4. The molecule has 0 fully saturated rings. The fraction of sp³-hybridized carbons (Fsp3) is 0.100. The van der Waals surface area contributed by atoms with Crippen LogP contribution in [0.5, 0.6) is 0 Å². The van der Waals surface area contributed by atoms with Crippen LogP contribution in [0.3, 0.4) is 0 Å². The zero-order valence-electron chi connectivity index (χ0n) is 14.1. The van der Waals surface area contributed by atoms with Crippen LogP contribution in [0.2, 0.25) is 5.02 Å². The molecule has 26 heavy (non-hydrogen) atoms. The number of carbonyl (C=O) groups excluding carboxylic acids is 2. The van der Waals surface area contributed by atoms with Gasteiger partial charge in [0.15, 0.2) is 0 Å². The second-order valence-electron chi connectivity index (χ2n) is 5.37. The van der Waals surface area contributed by atoms with Crippen LogP contribution in [-0.4, -0.2) is 26.2 Å². The van der Waals surface area contributed by atoms with Gasteiger partial charge in [-0.25, -0.2) is 9.59 Å². The number of methoxy groups -OCH3 is 2. The van der Waals surface area contributed by atoms with Gasteiger partial charge in [0, 0.05) is 16.1 Å². The van der Waals surface area contributed by atoms with E-state index in [4.69, 9.17) is 25.5 Å². The molecule has 0 bridgehead atoms. The van der Waals surface area contributed by atoms with Crippen molar-refractivity contribution in [3.8, 4) is 22.5 Å². The van der Waals surface area contributed by atoms with E-state index in [1.54, 1.807) is 24.3 Å². The molecule has 0 saturated carbocycles. The quantitative estimate of drug-likeness (QED) is 0.615. The van der Waals surface area contributed by atoms with Crippen molar-refractivity contribution in [1.82, 2.24) is 0 Å². The van der Waals surface area contributed by atoms with Gasteiger partial charge in [0.2, 0.25) is 5.76 Å². The average Bonchev–Trinajstić information content (AvgIpc) is 3.08. The number of halogens is 1. The molecule has 0 amide bonds. The summed E-state index contributed by atoms with van der Waals surface area (Å²) < 4.78 is 15.4. The molecule has 0 aliphatic carbocycles. The molecule has 0 saturated heterocycles. The number of esters is 2. The molecule has 3 aromatic rings. The van der Waals surface area contributed by atoms with Gasteiger partial charge >= 0.3 is 11.9 Å². The van der Waals surface area contributed by atoms with Crippen molar-refractivity contribution in [2.45, 2.75) is 0 Å². The Balaban J connectivity index is 2.36. The van der Waals surface area contributed by atoms with E-state index in [1.165, 1.54) is 14.2 Å². The first kappa shape index (κ1) is 17.8. The van der Waals surface area contributed by atoms with Crippen LogP contribution in [0, 0.1) is 0 Å². The molecule has 2 aromatic carbocycles. The minimum Gasteiger partial charge on any atom is -0.465 e. The minimum absolute atomic E-state index is 0.0144. The van der Waals surface area contributed by atoms with Crippen LogP contribution >= 0.6 is 11.6 Å². The third kappa shape index (κ3) is 3.21. The van der Waals surface area contributed by atoms with Gasteiger partial charge in [0.05, 0.1) is 14.2 Å². The fourth-order valence-electron chi connectivity index (χ4n) is 2.65. The first-order valence-electron chi connectivity index (χ1n) is 7.71. The summed E-state index contributed by atoms with van der Waals surface area (Å²) in [5.41, 5.74) is 1.82. The summed E-state index contributed by atoms with van der Waals surface area (Å²) in [4.78, 5) is 24.6. The van der Waals surface area contributed by atoms with Gasteiger partial charge in [0.1, 0.15) is 11.3 Å².